The zero-order valence-corrected chi connectivity index (χ0v) is 45.1. The summed E-state index contributed by atoms with van der Waals surface area (Å²) in [5.41, 5.74) is 0. The minimum absolute atomic E-state index is 0.106. The lowest BCUT2D eigenvalue weighted by atomic mass is 10.0. The molecule has 11 nitrogen and oxygen atoms in total. The summed E-state index contributed by atoms with van der Waals surface area (Å²) in [6, 6.07) is 0. The van der Waals surface area contributed by atoms with E-state index in [-0.39, 0.29) is 25.9 Å². The highest BCUT2D eigenvalue weighted by Gasteiger charge is 2.28. The van der Waals surface area contributed by atoms with Crippen LogP contribution in [0, 0.1) is 0 Å². The van der Waals surface area contributed by atoms with Gasteiger partial charge in [0.2, 0.25) is 0 Å². The number of carbonyl (C=O) groups is 3. The molecule has 3 unspecified atom stereocenters. The number of allylic oxidation sites excluding steroid dienone is 14. The Labute approximate surface area is 426 Å². The first-order valence-electron chi connectivity index (χ1n) is 27.5. The quantitative estimate of drug-likeness (QED) is 0.0197. The van der Waals surface area contributed by atoms with Crippen LogP contribution in [0.15, 0.2) is 85.1 Å². The molecule has 0 heterocycles. The Morgan fingerprint density at radius 3 is 1.17 bits per heavy atom. The maximum Gasteiger partial charge on any atom is 0.472 e. The van der Waals surface area contributed by atoms with E-state index in [9.17, 15) is 28.9 Å². The third-order valence-corrected chi connectivity index (χ3v) is 12.3. The average Bonchev–Trinajstić information content (AvgIpc) is 3.35. The van der Waals surface area contributed by atoms with E-state index in [1.54, 1.807) is 0 Å². The van der Waals surface area contributed by atoms with Gasteiger partial charge in [-0.15, -0.1) is 0 Å². The van der Waals surface area contributed by atoms with Crippen LogP contribution >= 0.6 is 7.82 Å². The molecule has 0 spiro atoms. The van der Waals surface area contributed by atoms with Crippen molar-refractivity contribution in [1.29, 1.82) is 0 Å². The lowest BCUT2D eigenvalue weighted by Crippen LogP contribution is -2.30. The molecule has 0 radical (unpaired) electrons. The zero-order chi connectivity index (χ0) is 51.3. The number of carbonyl (C=O) groups excluding carboxylic acids is 3. The first kappa shape index (κ1) is 66.7. The molecule has 0 aliphatic carbocycles. The van der Waals surface area contributed by atoms with E-state index in [4.69, 9.17) is 23.3 Å². The van der Waals surface area contributed by atoms with Gasteiger partial charge in [0.05, 0.1) is 19.8 Å². The van der Waals surface area contributed by atoms with Crippen molar-refractivity contribution in [2.75, 3.05) is 26.4 Å². The summed E-state index contributed by atoms with van der Waals surface area (Å²) in [6.45, 7) is 4.33. The van der Waals surface area contributed by atoms with Gasteiger partial charge in [0.1, 0.15) is 12.7 Å². The lowest BCUT2D eigenvalue weighted by molar-refractivity contribution is -0.161. The SMILES string of the molecule is CC/C=C\C/C=C\C/C=C\C/C=C\CCCCC(=O)OC(COC(=O)CCCCC/C=C\C/C=C\C/C=C\CC)COP(=O)(O)OCC(CO)OC(=O)CCCCCCCCCCCCCCCCC. The van der Waals surface area contributed by atoms with Crippen molar-refractivity contribution in [1.82, 2.24) is 0 Å². The second-order valence-corrected chi connectivity index (χ2v) is 19.4. The number of unbranched alkanes of at least 4 members (excludes halogenated alkanes) is 19. The number of phosphoric acid groups is 1. The van der Waals surface area contributed by atoms with Gasteiger partial charge in [-0.05, 0) is 89.9 Å². The van der Waals surface area contributed by atoms with Crippen molar-refractivity contribution in [3.8, 4) is 0 Å². The van der Waals surface area contributed by atoms with Gasteiger partial charge in [-0.3, -0.25) is 23.4 Å². The Balaban J connectivity index is 4.79. The van der Waals surface area contributed by atoms with Crippen molar-refractivity contribution in [3.05, 3.63) is 85.1 Å². The van der Waals surface area contributed by atoms with Crippen LogP contribution in [0.5, 0.6) is 0 Å². The number of phosphoric ester groups is 1. The number of aliphatic hydroxyl groups is 1. The van der Waals surface area contributed by atoms with Gasteiger partial charge < -0.3 is 24.2 Å². The van der Waals surface area contributed by atoms with Crippen LogP contribution in [0.2, 0.25) is 0 Å². The minimum atomic E-state index is -4.76. The second kappa shape index (κ2) is 52.0. The van der Waals surface area contributed by atoms with E-state index in [0.717, 1.165) is 96.3 Å². The van der Waals surface area contributed by atoms with E-state index >= 15 is 0 Å². The highest BCUT2D eigenvalue weighted by molar-refractivity contribution is 7.47. The molecule has 70 heavy (non-hydrogen) atoms. The highest BCUT2D eigenvalue weighted by atomic mass is 31.2. The predicted molar refractivity (Wildman–Crippen MR) is 288 cm³/mol. The summed E-state index contributed by atoms with van der Waals surface area (Å²) in [4.78, 5) is 48.4. The van der Waals surface area contributed by atoms with Gasteiger partial charge >= 0.3 is 25.7 Å². The summed E-state index contributed by atoms with van der Waals surface area (Å²) >= 11 is 0. The van der Waals surface area contributed by atoms with Crippen molar-refractivity contribution in [2.45, 2.75) is 238 Å². The van der Waals surface area contributed by atoms with Gasteiger partial charge in [0.25, 0.3) is 0 Å². The first-order valence-corrected chi connectivity index (χ1v) is 29.0. The van der Waals surface area contributed by atoms with Crippen LogP contribution in [-0.2, 0) is 42.2 Å². The van der Waals surface area contributed by atoms with Gasteiger partial charge in [0.15, 0.2) is 6.10 Å². The Kier molecular flexibility index (Phi) is 49.5. The molecule has 12 heteroatoms. The minimum Gasteiger partial charge on any atom is -0.462 e. The smallest absolute Gasteiger partial charge is 0.462 e. The van der Waals surface area contributed by atoms with Crippen LogP contribution in [0.4, 0.5) is 0 Å². The van der Waals surface area contributed by atoms with Crippen LogP contribution in [0.1, 0.15) is 226 Å². The van der Waals surface area contributed by atoms with E-state index in [0.29, 0.717) is 19.3 Å². The highest BCUT2D eigenvalue weighted by Crippen LogP contribution is 2.43. The molecule has 2 N–H and O–H groups in total. The molecule has 0 aliphatic heterocycles. The van der Waals surface area contributed by atoms with E-state index in [2.05, 4.69) is 106 Å². The number of aliphatic hydroxyl groups excluding tert-OH is 1. The van der Waals surface area contributed by atoms with Crippen molar-refractivity contribution in [2.24, 2.45) is 0 Å². The molecular weight excluding hydrogens is 904 g/mol. The van der Waals surface area contributed by atoms with E-state index in [1.807, 2.05) is 0 Å². The van der Waals surface area contributed by atoms with Crippen molar-refractivity contribution < 1.29 is 52.2 Å². The molecule has 0 fully saturated rings. The second-order valence-electron chi connectivity index (χ2n) is 18.0. The number of esters is 3. The average molecular weight is 1000 g/mol. The van der Waals surface area contributed by atoms with Crippen LogP contribution in [0.25, 0.3) is 0 Å². The van der Waals surface area contributed by atoms with E-state index in [1.165, 1.54) is 70.6 Å². The maximum absolute atomic E-state index is 12.9. The largest absolute Gasteiger partial charge is 0.472 e. The molecular formula is C58H99O11P. The molecule has 0 amide bonds. The summed E-state index contributed by atoms with van der Waals surface area (Å²) in [5, 5.41) is 9.80. The van der Waals surface area contributed by atoms with E-state index < -0.39 is 57.8 Å². The molecule has 0 saturated carbocycles. The molecule has 0 aromatic heterocycles. The maximum atomic E-state index is 12.9. The molecule has 0 aromatic carbocycles. The molecule has 0 saturated heterocycles. The van der Waals surface area contributed by atoms with Crippen LogP contribution in [0.3, 0.4) is 0 Å². The Morgan fingerprint density at radius 1 is 0.414 bits per heavy atom. The van der Waals surface area contributed by atoms with Crippen LogP contribution in [-0.4, -0.2) is 66.5 Å². The van der Waals surface area contributed by atoms with Crippen molar-refractivity contribution >= 4 is 25.7 Å². The Morgan fingerprint density at radius 2 is 0.743 bits per heavy atom. The third kappa shape index (κ3) is 49.6. The summed E-state index contributed by atoms with van der Waals surface area (Å²) < 4.78 is 39.4. The summed E-state index contributed by atoms with van der Waals surface area (Å²) in [6.07, 6.45) is 58.4. The van der Waals surface area contributed by atoms with Crippen LogP contribution < -0.4 is 0 Å². The number of ether oxygens (including phenoxy) is 3. The number of hydrogen-bond acceptors (Lipinski definition) is 10. The molecule has 402 valence electrons. The van der Waals surface area contributed by atoms with Crippen molar-refractivity contribution in [3.63, 3.8) is 0 Å². The molecule has 0 bridgehead atoms. The third-order valence-electron chi connectivity index (χ3n) is 11.3. The predicted octanol–water partition coefficient (Wildman–Crippen LogP) is 15.9. The normalized spacial score (nSPS) is 14.1. The Bertz CT molecular complexity index is 1500. The fourth-order valence-electron chi connectivity index (χ4n) is 7.18. The summed E-state index contributed by atoms with van der Waals surface area (Å²) in [5.74, 6) is -1.55. The number of rotatable bonds is 50. The molecule has 0 rings (SSSR count). The van der Waals surface area contributed by atoms with Gasteiger partial charge in [0, 0.05) is 19.3 Å². The summed E-state index contributed by atoms with van der Waals surface area (Å²) in [7, 11) is -4.76. The van der Waals surface area contributed by atoms with Gasteiger partial charge in [-0.25, -0.2) is 4.57 Å². The lowest BCUT2D eigenvalue weighted by Gasteiger charge is -2.21. The number of hydrogen-bond donors (Lipinski definition) is 2. The fourth-order valence-corrected chi connectivity index (χ4v) is 7.97. The molecule has 0 aromatic rings. The zero-order valence-electron chi connectivity index (χ0n) is 44.2. The standard InChI is InChI=1S/C58H99O11P/c1-4-7-10-13-16-19-22-25-27-30-33-36-39-42-45-48-57(61)68-54(50-59)52-66-70(63,64)67-53-55(51-65-56(60)47-44-41-38-35-32-29-24-21-18-15-12-9-6-3)69-58(62)49-46-43-40-37-34-31-28-26-23-20-17-14-11-8-5-2/h8-9,11-12,17-18,20-21,26,28-29,32,34,37,54-55,59H,4-7,10,13-16,19,22-25,27,30-31,33,35-36,38-53H2,1-3H3,(H,63,64)/b11-8-,12-9-,20-17-,21-18-,28-26-,32-29-,37-34-. The first-order chi connectivity index (χ1) is 34.2. The Hall–Kier alpha value is -3.34. The van der Waals surface area contributed by atoms with Gasteiger partial charge in [-0.2, -0.15) is 0 Å². The molecule has 0 aliphatic rings. The monoisotopic (exact) mass is 1000 g/mol. The van der Waals surface area contributed by atoms with Gasteiger partial charge in [-0.1, -0.05) is 202 Å². The topological polar surface area (TPSA) is 155 Å². The fraction of sp³-hybridized carbons (Fsp3) is 0.707. The molecule has 3 atom stereocenters.